The van der Waals surface area contributed by atoms with E-state index in [1.165, 1.54) is 0 Å². The summed E-state index contributed by atoms with van der Waals surface area (Å²) in [5.74, 6) is 1.07. The number of hydrogen-bond acceptors (Lipinski definition) is 5. The van der Waals surface area contributed by atoms with Crippen LogP contribution in [-0.4, -0.2) is 58.1 Å². The van der Waals surface area contributed by atoms with Crippen molar-refractivity contribution in [2.24, 2.45) is 5.41 Å². The number of rotatable bonds is 8. The highest BCUT2D eigenvalue weighted by atomic mass is 28.4. The maximum Gasteiger partial charge on any atom is 0.414 e. The fourth-order valence-corrected chi connectivity index (χ4v) is 11.9. The van der Waals surface area contributed by atoms with Crippen LogP contribution < -0.4 is 14.1 Å². The van der Waals surface area contributed by atoms with Gasteiger partial charge >= 0.3 is 6.09 Å². The zero-order valence-corrected chi connectivity index (χ0v) is 23.9. The number of carbonyl (C=O) groups excluding carboxylic acids is 2. The van der Waals surface area contributed by atoms with Crippen LogP contribution in [-0.2, 0) is 4.74 Å². The number of methoxy groups -OCH3 is 1. The summed E-state index contributed by atoms with van der Waals surface area (Å²) < 4.78 is 18.3. The van der Waals surface area contributed by atoms with Crippen LogP contribution in [0.5, 0.6) is 11.5 Å². The molecule has 1 atom stereocenters. The summed E-state index contributed by atoms with van der Waals surface area (Å²) in [6.45, 7) is 18.3. The molecule has 1 aliphatic carbocycles. The molecule has 1 spiro atoms. The monoisotopic (exact) mass is 514 g/mol. The van der Waals surface area contributed by atoms with Crippen molar-refractivity contribution >= 4 is 26.0 Å². The van der Waals surface area contributed by atoms with E-state index in [1.54, 1.807) is 24.2 Å². The molecule has 0 aromatic heterocycles. The average molecular weight is 515 g/mol. The number of nitrogens with zero attached hydrogens (tertiary/aromatic N) is 2. The van der Waals surface area contributed by atoms with Gasteiger partial charge in [0.05, 0.1) is 24.4 Å². The molecule has 4 rings (SSSR count). The van der Waals surface area contributed by atoms with Gasteiger partial charge in [0, 0.05) is 19.2 Å². The Labute approximate surface area is 216 Å². The number of hydrogen-bond donors (Lipinski definition) is 0. The van der Waals surface area contributed by atoms with Gasteiger partial charge in [-0.05, 0) is 47.4 Å². The smallest absolute Gasteiger partial charge is 0.414 e. The summed E-state index contributed by atoms with van der Waals surface area (Å²) in [6, 6.07) is 3.57. The van der Waals surface area contributed by atoms with Crippen LogP contribution in [0.2, 0.25) is 16.6 Å². The SMILES string of the molecule is C=CCOC(=O)N1C[C@@H]2CC3(CC3)CN2C(=O)c2cc(OC)c(O[Si](C(C)C)(C(C)C)C(C)C)cc21. The van der Waals surface area contributed by atoms with Crippen LogP contribution in [0.1, 0.15) is 71.2 Å². The zero-order valence-electron chi connectivity index (χ0n) is 22.9. The zero-order chi connectivity index (χ0) is 26.4. The van der Waals surface area contributed by atoms with Gasteiger partial charge in [0.25, 0.3) is 14.2 Å². The lowest BCUT2D eigenvalue weighted by Crippen LogP contribution is -2.50. The number of fused-ring (bicyclic) bond motifs is 2. The van der Waals surface area contributed by atoms with E-state index in [-0.39, 0.29) is 24.0 Å². The third-order valence-electron chi connectivity index (χ3n) is 8.57. The topological polar surface area (TPSA) is 68.3 Å². The minimum atomic E-state index is -2.32. The second-order valence-electron chi connectivity index (χ2n) is 11.7. The van der Waals surface area contributed by atoms with E-state index < -0.39 is 14.4 Å². The number of ether oxygens (including phenoxy) is 2. The van der Waals surface area contributed by atoms with Crippen molar-refractivity contribution in [3.63, 3.8) is 0 Å². The Morgan fingerprint density at radius 2 is 1.78 bits per heavy atom. The molecule has 2 amide bonds. The summed E-state index contributed by atoms with van der Waals surface area (Å²) in [5.41, 5.74) is 2.28. The maximum absolute atomic E-state index is 13.8. The first-order chi connectivity index (χ1) is 17.0. The standard InChI is InChI=1S/C28H42N2O5Si/c1-9-12-34-27(32)29-16-21-15-28(10-11-28)17-30(21)26(31)22-13-24(33-8)25(14-23(22)29)35-36(18(2)3,19(4)5)20(6)7/h9,13-14,18-21H,1,10-12,15-17H2,2-8H3/t21-/m0/s1. The quantitative estimate of drug-likeness (QED) is 0.297. The van der Waals surface area contributed by atoms with E-state index in [0.29, 0.717) is 45.9 Å². The molecule has 36 heavy (non-hydrogen) atoms. The normalized spacial score (nSPS) is 20.5. The van der Waals surface area contributed by atoms with Gasteiger partial charge in [-0.3, -0.25) is 9.69 Å². The van der Waals surface area contributed by atoms with Gasteiger partial charge in [0.1, 0.15) is 12.4 Å². The molecule has 2 aliphatic heterocycles. The highest BCUT2D eigenvalue weighted by Gasteiger charge is 2.55. The third kappa shape index (κ3) is 4.42. The Morgan fingerprint density at radius 1 is 1.14 bits per heavy atom. The Balaban J connectivity index is 1.83. The molecule has 198 valence electrons. The second kappa shape index (κ2) is 9.76. The van der Waals surface area contributed by atoms with Crippen molar-refractivity contribution in [1.82, 2.24) is 4.90 Å². The highest BCUT2D eigenvalue weighted by Crippen LogP contribution is 2.56. The van der Waals surface area contributed by atoms with E-state index in [2.05, 4.69) is 48.1 Å². The summed E-state index contributed by atoms with van der Waals surface area (Å²) in [4.78, 5) is 30.7. The van der Waals surface area contributed by atoms with Crippen LogP contribution in [0.4, 0.5) is 10.5 Å². The van der Waals surface area contributed by atoms with Gasteiger partial charge in [-0.1, -0.05) is 54.2 Å². The lowest BCUT2D eigenvalue weighted by molar-refractivity contribution is 0.0741. The Morgan fingerprint density at radius 3 is 2.31 bits per heavy atom. The Bertz CT molecular complexity index is 1010. The molecule has 1 aromatic rings. The van der Waals surface area contributed by atoms with E-state index in [0.717, 1.165) is 25.8 Å². The Hall–Kier alpha value is -2.48. The summed E-state index contributed by atoms with van der Waals surface area (Å²) in [5, 5.41) is 0. The molecule has 0 bridgehead atoms. The van der Waals surface area contributed by atoms with E-state index in [9.17, 15) is 9.59 Å². The van der Waals surface area contributed by atoms with Crippen molar-refractivity contribution in [3.8, 4) is 11.5 Å². The minimum absolute atomic E-state index is 0.0329. The number of carbonyl (C=O) groups is 2. The lowest BCUT2D eigenvalue weighted by atomic mass is 10.0. The largest absolute Gasteiger partial charge is 0.540 e. The molecule has 0 N–H and O–H groups in total. The predicted octanol–water partition coefficient (Wildman–Crippen LogP) is 6.39. The fraction of sp³-hybridized carbons (Fsp3) is 0.643. The molecule has 1 saturated heterocycles. The van der Waals surface area contributed by atoms with Crippen molar-refractivity contribution in [3.05, 3.63) is 30.4 Å². The van der Waals surface area contributed by atoms with Gasteiger partial charge in [-0.15, -0.1) is 0 Å². The molecule has 2 heterocycles. The van der Waals surface area contributed by atoms with Crippen LogP contribution in [0, 0.1) is 5.41 Å². The fourth-order valence-electron chi connectivity index (χ4n) is 6.68. The molecule has 1 aromatic carbocycles. The van der Waals surface area contributed by atoms with Crippen molar-refractivity contribution in [2.75, 3.05) is 31.7 Å². The maximum atomic E-state index is 13.8. The van der Waals surface area contributed by atoms with Gasteiger partial charge in [0.2, 0.25) is 0 Å². The molecule has 2 fully saturated rings. The van der Waals surface area contributed by atoms with Crippen molar-refractivity contribution < 1.29 is 23.5 Å². The molecule has 7 nitrogen and oxygen atoms in total. The molecule has 8 heteroatoms. The van der Waals surface area contributed by atoms with Gasteiger partial charge < -0.3 is 18.8 Å². The van der Waals surface area contributed by atoms with Crippen LogP contribution in [0.15, 0.2) is 24.8 Å². The van der Waals surface area contributed by atoms with Gasteiger partial charge in [-0.25, -0.2) is 4.79 Å². The number of amides is 2. The van der Waals surface area contributed by atoms with E-state index in [1.807, 2.05) is 11.0 Å². The summed E-state index contributed by atoms with van der Waals surface area (Å²) in [6.07, 6.45) is 4.29. The molecule has 1 saturated carbocycles. The van der Waals surface area contributed by atoms with Gasteiger partial charge in [0.15, 0.2) is 5.75 Å². The summed E-state index contributed by atoms with van der Waals surface area (Å²) in [7, 11) is -0.714. The Kier molecular flexibility index (Phi) is 7.21. The molecule has 0 unspecified atom stereocenters. The van der Waals surface area contributed by atoms with Crippen molar-refractivity contribution in [1.29, 1.82) is 0 Å². The first-order valence-electron chi connectivity index (χ1n) is 13.3. The van der Waals surface area contributed by atoms with E-state index in [4.69, 9.17) is 13.9 Å². The van der Waals surface area contributed by atoms with Crippen LogP contribution >= 0.6 is 0 Å². The van der Waals surface area contributed by atoms with Gasteiger partial charge in [-0.2, -0.15) is 0 Å². The molecule has 3 aliphatic rings. The first-order valence-corrected chi connectivity index (χ1v) is 15.4. The summed E-state index contributed by atoms with van der Waals surface area (Å²) >= 11 is 0. The predicted molar refractivity (Wildman–Crippen MR) is 145 cm³/mol. The van der Waals surface area contributed by atoms with E-state index >= 15 is 0 Å². The molecular weight excluding hydrogens is 472 g/mol. The highest BCUT2D eigenvalue weighted by molar-refractivity contribution is 6.78. The van der Waals surface area contributed by atoms with Crippen LogP contribution in [0.25, 0.3) is 0 Å². The first kappa shape index (κ1) is 26.6. The average Bonchev–Trinajstić information content (AvgIpc) is 3.50. The minimum Gasteiger partial charge on any atom is -0.540 e. The number of benzene rings is 1. The number of anilines is 1. The molecular formula is C28H42N2O5Si. The lowest BCUT2D eigenvalue weighted by Gasteiger charge is -2.42. The van der Waals surface area contributed by atoms with Crippen LogP contribution in [0.3, 0.4) is 0 Å². The molecule has 0 radical (unpaired) electrons. The second-order valence-corrected chi connectivity index (χ2v) is 17.1. The third-order valence-corrected chi connectivity index (χ3v) is 14.6. The van der Waals surface area contributed by atoms with Crippen molar-refractivity contribution in [2.45, 2.75) is 83.5 Å².